The fraction of sp³-hybridized carbons (Fsp3) is 0.484. The van der Waals surface area contributed by atoms with Gasteiger partial charge < -0.3 is 14.4 Å². The summed E-state index contributed by atoms with van der Waals surface area (Å²) in [6.07, 6.45) is 4.40. The van der Waals surface area contributed by atoms with Gasteiger partial charge in [-0.2, -0.15) is 0 Å². The van der Waals surface area contributed by atoms with Crippen LogP contribution in [-0.4, -0.2) is 82.5 Å². The van der Waals surface area contributed by atoms with Crippen molar-refractivity contribution in [3.8, 4) is 0 Å². The van der Waals surface area contributed by atoms with Crippen molar-refractivity contribution in [1.82, 2.24) is 14.8 Å². The Morgan fingerprint density at radius 2 is 2.00 bits per heavy atom. The molecule has 39 heavy (non-hydrogen) atoms. The molecule has 1 aromatic carbocycles. The minimum Gasteiger partial charge on any atom is -0.455 e. The van der Waals surface area contributed by atoms with Gasteiger partial charge in [-0.1, -0.05) is 36.9 Å². The van der Waals surface area contributed by atoms with Crippen molar-refractivity contribution < 1.29 is 23.9 Å². The molecule has 4 heterocycles. The highest BCUT2D eigenvalue weighted by Gasteiger charge is 2.61. The van der Waals surface area contributed by atoms with Crippen LogP contribution in [0.1, 0.15) is 50.0 Å². The Bertz CT molecular complexity index is 1390. The van der Waals surface area contributed by atoms with Crippen LogP contribution in [0, 0.1) is 5.92 Å². The molecule has 3 fully saturated rings. The number of pyridine rings is 1. The number of Topliss-reactive ketones (excluding diaryl/α,β-unsaturated/α-hetero) is 1. The summed E-state index contributed by atoms with van der Waals surface area (Å²) in [5.41, 5.74) is 2.21. The number of rotatable bonds is 4. The van der Waals surface area contributed by atoms with Crippen molar-refractivity contribution in [2.45, 2.75) is 63.4 Å². The zero-order valence-corrected chi connectivity index (χ0v) is 22.6. The summed E-state index contributed by atoms with van der Waals surface area (Å²) in [5, 5.41) is 1.01. The number of allylic oxidation sites excluding steroid dienone is 1. The van der Waals surface area contributed by atoms with Gasteiger partial charge in [0.25, 0.3) is 5.91 Å². The lowest BCUT2D eigenvalue weighted by molar-refractivity contribution is -0.140. The molecule has 2 aromatic rings. The number of ether oxygens (including phenoxy) is 2. The van der Waals surface area contributed by atoms with E-state index < -0.39 is 0 Å². The maximum absolute atomic E-state index is 13.5. The molecule has 6 rings (SSSR count). The van der Waals surface area contributed by atoms with Crippen LogP contribution < -0.4 is 0 Å². The van der Waals surface area contributed by atoms with Gasteiger partial charge in [-0.05, 0) is 57.2 Å². The summed E-state index contributed by atoms with van der Waals surface area (Å²) in [5.74, 6) is -0.454. The first kappa shape index (κ1) is 25.9. The van der Waals surface area contributed by atoms with Crippen molar-refractivity contribution >= 4 is 28.6 Å². The number of ketones is 1. The molecule has 5 atom stereocenters. The lowest BCUT2D eigenvalue weighted by Gasteiger charge is -2.39. The molecule has 1 aliphatic carbocycles. The Balaban J connectivity index is 1.09. The van der Waals surface area contributed by atoms with Gasteiger partial charge in [-0.25, -0.2) is 9.78 Å². The largest absolute Gasteiger partial charge is 0.455 e. The van der Waals surface area contributed by atoms with Crippen molar-refractivity contribution in [2.24, 2.45) is 5.92 Å². The smallest absolute Gasteiger partial charge is 0.334 e. The second kappa shape index (κ2) is 9.99. The van der Waals surface area contributed by atoms with Gasteiger partial charge >= 0.3 is 5.97 Å². The van der Waals surface area contributed by atoms with E-state index in [1.807, 2.05) is 35.2 Å². The molecule has 8 nitrogen and oxygen atoms in total. The highest BCUT2D eigenvalue weighted by atomic mass is 16.6. The SMILES string of the molecule is C=C1C(=O)O[C@H]2[C@H]1CC/C(C(=O)CN1CCN(C(=O)c3ccc4ccccc4n3)CC1C)=C\CC[C@@]1(C)O[C@@H]21. The Morgan fingerprint density at radius 3 is 2.82 bits per heavy atom. The first-order valence-electron chi connectivity index (χ1n) is 13.9. The molecule has 204 valence electrons. The van der Waals surface area contributed by atoms with Crippen LogP contribution in [0.5, 0.6) is 0 Å². The number of hydrogen-bond donors (Lipinski definition) is 0. The van der Waals surface area contributed by atoms with Gasteiger partial charge in [0, 0.05) is 42.6 Å². The summed E-state index contributed by atoms with van der Waals surface area (Å²) in [4.78, 5) is 47.5. The zero-order valence-electron chi connectivity index (χ0n) is 22.6. The van der Waals surface area contributed by atoms with Crippen LogP contribution in [0.15, 0.2) is 60.2 Å². The van der Waals surface area contributed by atoms with Gasteiger partial charge in [0.15, 0.2) is 5.78 Å². The van der Waals surface area contributed by atoms with Gasteiger partial charge in [-0.15, -0.1) is 0 Å². The summed E-state index contributed by atoms with van der Waals surface area (Å²) < 4.78 is 11.6. The van der Waals surface area contributed by atoms with Crippen molar-refractivity contribution in [2.75, 3.05) is 26.2 Å². The van der Waals surface area contributed by atoms with Crippen LogP contribution in [0.2, 0.25) is 0 Å². The predicted octanol–water partition coefficient (Wildman–Crippen LogP) is 3.71. The molecule has 1 amide bonds. The number of piperazine rings is 1. The summed E-state index contributed by atoms with van der Waals surface area (Å²) in [7, 11) is 0. The van der Waals surface area contributed by atoms with E-state index >= 15 is 0 Å². The van der Waals surface area contributed by atoms with Gasteiger partial charge in [0.2, 0.25) is 0 Å². The van der Waals surface area contributed by atoms with Gasteiger partial charge in [-0.3, -0.25) is 14.5 Å². The fourth-order valence-electron chi connectivity index (χ4n) is 6.36. The van der Waals surface area contributed by atoms with E-state index in [4.69, 9.17) is 9.47 Å². The van der Waals surface area contributed by atoms with E-state index in [9.17, 15) is 14.4 Å². The van der Waals surface area contributed by atoms with E-state index in [0.29, 0.717) is 50.3 Å². The second-order valence-corrected chi connectivity index (χ2v) is 11.5. The maximum atomic E-state index is 13.5. The predicted molar refractivity (Wildman–Crippen MR) is 146 cm³/mol. The summed E-state index contributed by atoms with van der Waals surface area (Å²) in [6.45, 7) is 10.1. The fourth-order valence-corrected chi connectivity index (χ4v) is 6.36. The number of aromatic nitrogens is 1. The average Bonchev–Trinajstić information content (AvgIpc) is 3.53. The maximum Gasteiger partial charge on any atom is 0.334 e. The van der Waals surface area contributed by atoms with E-state index in [-0.39, 0.29) is 47.4 Å². The van der Waals surface area contributed by atoms with Gasteiger partial charge in [0.1, 0.15) is 17.9 Å². The third kappa shape index (κ3) is 4.92. The van der Waals surface area contributed by atoms with Crippen molar-refractivity contribution in [3.05, 3.63) is 65.9 Å². The first-order chi connectivity index (χ1) is 18.7. The van der Waals surface area contributed by atoms with Crippen LogP contribution in [0.3, 0.4) is 0 Å². The van der Waals surface area contributed by atoms with Crippen LogP contribution in [-0.2, 0) is 19.1 Å². The number of amides is 1. The number of carbonyl (C=O) groups is 3. The molecule has 1 unspecified atom stereocenters. The minimum atomic E-state index is -0.348. The quantitative estimate of drug-likeness (QED) is 0.339. The second-order valence-electron chi connectivity index (χ2n) is 11.5. The number of hydrogen-bond acceptors (Lipinski definition) is 7. The molecule has 0 radical (unpaired) electrons. The highest BCUT2D eigenvalue weighted by Crippen LogP contribution is 2.49. The molecule has 4 aliphatic rings. The Labute approximate surface area is 228 Å². The number of esters is 1. The monoisotopic (exact) mass is 529 g/mol. The molecular weight excluding hydrogens is 494 g/mol. The molecule has 0 saturated carbocycles. The Kier molecular flexibility index (Phi) is 6.63. The number of carbonyl (C=O) groups excluding carboxylic acids is 3. The lowest BCUT2D eigenvalue weighted by atomic mass is 9.83. The number of nitrogens with zero attached hydrogens (tertiary/aromatic N) is 3. The van der Waals surface area contributed by atoms with Crippen LogP contribution in [0.4, 0.5) is 0 Å². The van der Waals surface area contributed by atoms with Gasteiger partial charge in [0.05, 0.1) is 17.7 Å². The number of para-hydroxylation sites is 1. The molecule has 1 aromatic heterocycles. The molecule has 3 aliphatic heterocycles. The molecule has 0 spiro atoms. The van der Waals surface area contributed by atoms with E-state index in [1.54, 1.807) is 6.07 Å². The Morgan fingerprint density at radius 1 is 1.18 bits per heavy atom. The normalized spacial score (nSPS) is 32.6. The molecule has 0 bridgehead atoms. The molecule has 0 N–H and O–H groups in total. The third-order valence-corrected chi connectivity index (χ3v) is 8.92. The highest BCUT2D eigenvalue weighted by molar-refractivity contribution is 5.97. The topological polar surface area (TPSA) is 92.3 Å². The molecular formula is C31H35N3O5. The zero-order chi connectivity index (χ0) is 27.3. The van der Waals surface area contributed by atoms with E-state index in [0.717, 1.165) is 29.3 Å². The average molecular weight is 530 g/mol. The van der Waals surface area contributed by atoms with Crippen LogP contribution in [0.25, 0.3) is 10.9 Å². The van der Waals surface area contributed by atoms with E-state index in [1.165, 1.54) is 0 Å². The van der Waals surface area contributed by atoms with Crippen molar-refractivity contribution in [3.63, 3.8) is 0 Å². The first-order valence-corrected chi connectivity index (χ1v) is 13.9. The molecule has 3 saturated heterocycles. The number of epoxide rings is 1. The van der Waals surface area contributed by atoms with Crippen molar-refractivity contribution in [1.29, 1.82) is 0 Å². The lowest BCUT2D eigenvalue weighted by Crippen LogP contribution is -2.54. The third-order valence-electron chi connectivity index (χ3n) is 8.92. The van der Waals surface area contributed by atoms with E-state index in [2.05, 4.69) is 36.4 Å². The summed E-state index contributed by atoms with van der Waals surface area (Å²) in [6, 6.07) is 11.5. The number of benzene rings is 1. The standard InChI is InChI=1S/C31H35N3O5/c1-19-17-34(29(36)25-13-11-21-7-4-5-9-24(21)32-25)16-15-33(19)18-26(35)22-8-6-14-31(3)28(39-31)27-23(12-10-22)20(2)30(37)38-27/h4-5,7-9,11,13,19,23,27-28H,2,6,10,12,14-18H2,1,3H3/b22-8+/t19?,23-,27-,28-,31+/m0/s1. The number of fused-ring (bicyclic) bond motifs is 4. The minimum absolute atomic E-state index is 0.0387. The Hall–Kier alpha value is -3.36. The van der Waals surface area contributed by atoms with Crippen LogP contribution >= 0.6 is 0 Å². The summed E-state index contributed by atoms with van der Waals surface area (Å²) >= 11 is 0. The molecule has 8 heteroatoms.